The van der Waals surface area contributed by atoms with E-state index in [2.05, 4.69) is 21.9 Å². The summed E-state index contributed by atoms with van der Waals surface area (Å²) >= 11 is 0. The Labute approximate surface area is 169 Å². The predicted octanol–water partition coefficient (Wildman–Crippen LogP) is -0.0946. The zero-order valence-corrected chi connectivity index (χ0v) is 16.7. The average Bonchev–Trinajstić information content (AvgIpc) is 3.60. The van der Waals surface area contributed by atoms with Gasteiger partial charge in [-0.25, -0.2) is 8.42 Å². The molecule has 2 aliphatic carbocycles. The maximum atomic E-state index is 12.8. The molecule has 3 aliphatic rings. The second-order valence-electron chi connectivity index (χ2n) is 8.22. The number of benzene rings is 1. The lowest BCUT2D eigenvalue weighted by atomic mass is 9.91. The molecule has 1 aromatic rings. The number of hydrogen-bond donors (Lipinski definition) is 4. The number of β-amino-alcohol motifs (C(OH)–C–C–N with tert-alkyl or cyclic N) is 1. The highest BCUT2D eigenvalue weighted by atomic mass is 32.2. The lowest BCUT2D eigenvalue weighted by Gasteiger charge is -2.23. The van der Waals surface area contributed by atoms with E-state index in [0.717, 1.165) is 0 Å². The van der Waals surface area contributed by atoms with E-state index >= 15 is 0 Å². The fourth-order valence-corrected chi connectivity index (χ4v) is 5.31. The van der Waals surface area contributed by atoms with Gasteiger partial charge in [0.1, 0.15) is 11.1 Å². The molecule has 9 heteroatoms. The first-order chi connectivity index (χ1) is 13.7. The number of nitrogens with one attached hydrogen (secondary N) is 3. The van der Waals surface area contributed by atoms with Crippen molar-refractivity contribution in [2.45, 2.75) is 48.1 Å². The molecule has 4 rings (SSSR count). The van der Waals surface area contributed by atoms with Crippen molar-refractivity contribution in [3.05, 3.63) is 48.6 Å². The lowest BCUT2D eigenvalue weighted by molar-refractivity contribution is -0.130. The van der Waals surface area contributed by atoms with E-state index in [1.165, 1.54) is 0 Å². The number of hydrogen-bond acceptors (Lipinski definition) is 6. The van der Waals surface area contributed by atoms with Gasteiger partial charge < -0.3 is 15.7 Å². The topological polar surface area (TPSA) is 125 Å². The van der Waals surface area contributed by atoms with Crippen LogP contribution in [-0.4, -0.2) is 48.7 Å². The first-order valence-electron chi connectivity index (χ1n) is 9.72. The second-order valence-corrected chi connectivity index (χ2v) is 10.2. The van der Waals surface area contributed by atoms with Gasteiger partial charge in [-0.1, -0.05) is 36.4 Å². The molecule has 0 unspecified atom stereocenters. The van der Waals surface area contributed by atoms with Crippen molar-refractivity contribution in [2.75, 3.05) is 6.54 Å². The van der Waals surface area contributed by atoms with Gasteiger partial charge in [-0.3, -0.25) is 14.3 Å². The zero-order chi connectivity index (χ0) is 20.9. The first-order valence-corrected chi connectivity index (χ1v) is 11.3. The molecule has 8 nitrogen and oxygen atoms in total. The molecule has 1 aromatic carbocycles. The van der Waals surface area contributed by atoms with Crippen LogP contribution in [0.3, 0.4) is 0 Å². The molecule has 2 saturated carbocycles. The zero-order valence-electron chi connectivity index (χ0n) is 15.9. The van der Waals surface area contributed by atoms with Crippen molar-refractivity contribution in [1.82, 2.24) is 15.4 Å². The van der Waals surface area contributed by atoms with Gasteiger partial charge in [0, 0.05) is 18.9 Å². The van der Waals surface area contributed by atoms with E-state index in [9.17, 15) is 23.1 Å². The van der Waals surface area contributed by atoms with Gasteiger partial charge in [0.05, 0.1) is 11.3 Å². The van der Waals surface area contributed by atoms with E-state index in [1.807, 2.05) is 18.2 Å². The quantitative estimate of drug-likeness (QED) is 0.458. The lowest BCUT2D eigenvalue weighted by Crippen LogP contribution is -2.55. The van der Waals surface area contributed by atoms with Crippen LogP contribution < -0.4 is 15.4 Å². The number of amides is 2. The molecule has 0 spiro atoms. The molecular weight excluding hydrogens is 394 g/mol. The highest BCUT2D eigenvalue weighted by Crippen LogP contribution is 2.45. The molecular formula is C20H25N3O5S. The van der Waals surface area contributed by atoms with E-state index < -0.39 is 44.3 Å². The van der Waals surface area contributed by atoms with E-state index in [1.54, 1.807) is 18.2 Å². The monoisotopic (exact) mass is 419 g/mol. The van der Waals surface area contributed by atoms with Crippen LogP contribution in [0.4, 0.5) is 0 Å². The molecule has 4 N–H and O–H groups in total. The fraction of sp³-hybridized carbons (Fsp3) is 0.500. The third kappa shape index (κ3) is 3.70. The summed E-state index contributed by atoms with van der Waals surface area (Å²) in [5, 5.41) is 16.1. The molecule has 0 bridgehead atoms. The largest absolute Gasteiger partial charge is 0.384 e. The van der Waals surface area contributed by atoms with Crippen molar-refractivity contribution >= 4 is 21.8 Å². The van der Waals surface area contributed by atoms with Gasteiger partial charge in [-0.2, -0.15) is 0 Å². The van der Waals surface area contributed by atoms with Crippen LogP contribution >= 0.6 is 0 Å². The summed E-state index contributed by atoms with van der Waals surface area (Å²) in [5.74, 6) is -1.51. The van der Waals surface area contributed by atoms with Gasteiger partial charge in [0.2, 0.25) is 15.9 Å². The van der Waals surface area contributed by atoms with Crippen LogP contribution in [0.2, 0.25) is 0 Å². The third-order valence-corrected chi connectivity index (χ3v) is 7.88. The normalized spacial score (nSPS) is 33.7. The Hall–Kier alpha value is -2.23. The molecule has 3 fully saturated rings. The molecule has 0 radical (unpaired) electrons. The Kier molecular flexibility index (Phi) is 4.79. The van der Waals surface area contributed by atoms with Gasteiger partial charge in [-0.15, -0.1) is 6.58 Å². The average molecular weight is 420 g/mol. The maximum absolute atomic E-state index is 12.8. The predicted molar refractivity (Wildman–Crippen MR) is 106 cm³/mol. The van der Waals surface area contributed by atoms with Gasteiger partial charge >= 0.3 is 0 Å². The Balaban J connectivity index is 1.45. The van der Waals surface area contributed by atoms with Crippen molar-refractivity contribution in [3.63, 3.8) is 0 Å². The Morgan fingerprint density at radius 1 is 1.21 bits per heavy atom. The number of carbonyl (C=O) groups is 2. The maximum Gasteiger partial charge on any atom is 0.259 e. The Morgan fingerprint density at radius 2 is 1.90 bits per heavy atom. The number of carbonyl (C=O) groups excluding carboxylic acids is 2. The van der Waals surface area contributed by atoms with Crippen molar-refractivity contribution < 1.29 is 23.1 Å². The number of aliphatic hydroxyl groups is 1. The summed E-state index contributed by atoms with van der Waals surface area (Å²) in [6.45, 7) is 3.88. The van der Waals surface area contributed by atoms with Crippen LogP contribution in [0, 0.1) is 5.92 Å². The minimum Gasteiger partial charge on any atom is -0.384 e. The summed E-state index contributed by atoms with van der Waals surface area (Å²) in [5.41, 5.74) is -1.79. The smallest absolute Gasteiger partial charge is 0.259 e. The highest BCUT2D eigenvalue weighted by molar-refractivity contribution is 7.91. The first kappa shape index (κ1) is 20.1. The Bertz CT molecular complexity index is 946. The summed E-state index contributed by atoms with van der Waals surface area (Å²) in [6, 6.07) is 8.39. The van der Waals surface area contributed by atoms with E-state index in [4.69, 9.17) is 0 Å². The minimum absolute atomic E-state index is 0.152. The summed E-state index contributed by atoms with van der Waals surface area (Å²) in [4.78, 5) is 25.6. The fourth-order valence-electron chi connectivity index (χ4n) is 3.95. The summed E-state index contributed by atoms with van der Waals surface area (Å²) < 4.78 is 26.4. The van der Waals surface area contributed by atoms with Crippen LogP contribution in [0.25, 0.3) is 0 Å². The van der Waals surface area contributed by atoms with E-state index in [0.29, 0.717) is 24.8 Å². The highest BCUT2D eigenvalue weighted by Gasteiger charge is 2.61. The number of rotatable bonds is 7. The SMILES string of the molecule is C=C[C@@H]1C[C@]1(NC(=O)[C@@H]1C[C@@](O)(c2ccccc2)CN1)C(=O)NS(=O)(=O)C1CC1. The third-order valence-electron chi connectivity index (χ3n) is 6.06. The summed E-state index contributed by atoms with van der Waals surface area (Å²) in [6.07, 6.45) is 3.07. The van der Waals surface area contributed by atoms with Crippen molar-refractivity contribution in [3.8, 4) is 0 Å². The van der Waals surface area contributed by atoms with Gasteiger partial charge in [0.15, 0.2) is 0 Å². The van der Waals surface area contributed by atoms with E-state index in [-0.39, 0.29) is 18.9 Å². The van der Waals surface area contributed by atoms with Crippen LogP contribution in [0.1, 0.15) is 31.2 Å². The van der Waals surface area contributed by atoms with Crippen molar-refractivity contribution in [1.29, 1.82) is 0 Å². The van der Waals surface area contributed by atoms with Crippen LogP contribution in [0.15, 0.2) is 43.0 Å². The second kappa shape index (κ2) is 6.93. The molecule has 1 heterocycles. The minimum atomic E-state index is -3.71. The van der Waals surface area contributed by atoms with Crippen LogP contribution in [0.5, 0.6) is 0 Å². The summed E-state index contributed by atoms with van der Waals surface area (Å²) in [7, 11) is -3.71. The molecule has 2 amide bonds. The number of sulfonamides is 1. The van der Waals surface area contributed by atoms with Crippen molar-refractivity contribution in [2.24, 2.45) is 5.92 Å². The molecule has 1 saturated heterocycles. The standard InChI is InChI=1S/C20H25N3O5S/c1-2-13-10-20(13,18(25)23-29(27,28)15-8-9-15)22-17(24)16-11-19(26,12-21-16)14-6-4-3-5-7-14/h2-7,13,15-16,21,26H,1,8-12H2,(H,22,24)(H,23,25)/t13-,16+,19+,20-/m1/s1. The Morgan fingerprint density at radius 3 is 2.48 bits per heavy atom. The van der Waals surface area contributed by atoms with Crippen LogP contribution in [-0.2, 0) is 25.2 Å². The van der Waals surface area contributed by atoms with Gasteiger partial charge in [0.25, 0.3) is 5.91 Å². The van der Waals surface area contributed by atoms with Gasteiger partial charge in [-0.05, 0) is 24.8 Å². The molecule has 29 heavy (non-hydrogen) atoms. The molecule has 156 valence electrons. The molecule has 4 atom stereocenters. The molecule has 1 aliphatic heterocycles. The molecule has 0 aromatic heterocycles.